The van der Waals surface area contributed by atoms with Crippen LogP contribution < -0.4 is 16.6 Å². The van der Waals surface area contributed by atoms with Crippen LogP contribution in [-0.2, 0) is 0 Å². The Balaban J connectivity index is 3.13. The Kier molecular flexibility index (Phi) is 2.87. The van der Waals surface area contributed by atoms with Gasteiger partial charge >= 0.3 is 0 Å². The standard InChI is InChI=1S/C11H16N4/c1-11(2,3)15(14)10-5-4-8(7-12)6-9(10)13/h4-6H,13-14H2,1-3H3. The Bertz CT molecular complexity index is 398. The van der Waals surface area contributed by atoms with Crippen LogP contribution in [0, 0.1) is 11.3 Å². The summed E-state index contributed by atoms with van der Waals surface area (Å²) in [5.41, 5.74) is 7.41. The molecule has 0 aromatic heterocycles. The van der Waals surface area contributed by atoms with Crippen molar-refractivity contribution in [3.63, 3.8) is 0 Å². The van der Waals surface area contributed by atoms with Gasteiger partial charge in [0.25, 0.3) is 0 Å². The van der Waals surface area contributed by atoms with Gasteiger partial charge in [-0.15, -0.1) is 0 Å². The number of nitriles is 1. The van der Waals surface area contributed by atoms with Crippen LogP contribution in [0.3, 0.4) is 0 Å². The molecule has 4 heteroatoms. The molecule has 0 saturated carbocycles. The predicted molar refractivity (Wildman–Crippen MR) is 62.0 cm³/mol. The van der Waals surface area contributed by atoms with Gasteiger partial charge in [-0.1, -0.05) is 0 Å². The topological polar surface area (TPSA) is 79.1 Å². The first-order valence-corrected chi connectivity index (χ1v) is 4.71. The Labute approximate surface area is 90.1 Å². The van der Waals surface area contributed by atoms with Gasteiger partial charge in [0.05, 0.1) is 23.0 Å². The zero-order valence-electron chi connectivity index (χ0n) is 9.28. The molecule has 1 aromatic carbocycles. The number of nitrogens with two attached hydrogens (primary N) is 2. The van der Waals surface area contributed by atoms with Gasteiger partial charge in [-0.3, -0.25) is 0 Å². The van der Waals surface area contributed by atoms with Gasteiger partial charge < -0.3 is 10.7 Å². The SMILES string of the molecule is CC(C)(C)N(N)c1ccc(C#N)cc1N. The highest BCUT2D eigenvalue weighted by Gasteiger charge is 2.20. The number of anilines is 2. The van der Waals surface area contributed by atoms with E-state index < -0.39 is 0 Å². The van der Waals surface area contributed by atoms with E-state index in [1.54, 1.807) is 23.2 Å². The van der Waals surface area contributed by atoms with E-state index in [9.17, 15) is 0 Å². The zero-order valence-corrected chi connectivity index (χ0v) is 9.28. The lowest BCUT2D eigenvalue weighted by Crippen LogP contribution is -2.47. The molecular weight excluding hydrogens is 188 g/mol. The molecule has 0 aliphatic rings. The lowest BCUT2D eigenvalue weighted by molar-refractivity contribution is 0.514. The maximum Gasteiger partial charge on any atom is 0.0992 e. The molecule has 0 unspecified atom stereocenters. The summed E-state index contributed by atoms with van der Waals surface area (Å²) in [6.45, 7) is 5.97. The molecule has 0 bridgehead atoms. The van der Waals surface area contributed by atoms with Crippen LogP contribution in [-0.4, -0.2) is 5.54 Å². The molecule has 0 radical (unpaired) electrons. The molecule has 0 aliphatic heterocycles. The van der Waals surface area contributed by atoms with Gasteiger partial charge in [0, 0.05) is 5.54 Å². The van der Waals surface area contributed by atoms with Crippen LogP contribution in [0.4, 0.5) is 11.4 Å². The number of hydrogen-bond acceptors (Lipinski definition) is 4. The van der Waals surface area contributed by atoms with E-state index in [1.807, 2.05) is 26.8 Å². The number of benzene rings is 1. The molecule has 1 aromatic rings. The second-order valence-electron chi connectivity index (χ2n) is 4.43. The van der Waals surface area contributed by atoms with E-state index >= 15 is 0 Å². The van der Waals surface area contributed by atoms with E-state index in [1.165, 1.54) is 0 Å². The predicted octanol–water partition coefficient (Wildman–Crippen LogP) is 1.62. The molecule has 80 valence electrons. The Hall–Kier alpha value is -1.73. The third kappa shape index (κ3) is 2.39. The van der Waals surface area contributed by atoms with Gasteiger partial charge in [-0.2, -0.15) is 5.26 Å². The molecule has 1 rings (SSSR count). The lowest BCUT2D eigenvalue weighted by Gasteiger charge is -2.33. The van der Waals surface area contributed by atoms with Crippen molar-refractivity contribution in [1.29, 1.82) is 5.26 Å². The Morgan fingerprint density at radius 1 is 1.33 bits per heavy atom. The largest absolute Gasteiger partial charge is 0.397 e. The zero-order chi connectivity index (χ0) is 11.6. The fourth-order valence-electron chi connectivity index (χ4n) is 1.20. The van der Waals surface area contributed by atoms with Crippen molar-refractivity contribution in [3.05, 3.63) is 23.8 Å². The summed E-state index contributed by atoms with van der Waals surface area (Å²) in [7, 11) is 0. The first-order chi connectivity index (χ1) is 6.86. The lowest BCUT2D eigenvalue weighted by atomic mass is 10.1. The Morgan fingerprint density at radius 2 is 1.93 bits per heavy atom. The van der Waals surface area contributed by atoms with Crippen molar-refractivity contribution in [2.75, 3.05) is 10.7 Å². The number of hydrazine groups is 1. The second-order valence-corrected chi connectivity index (χ2v) is 4.43. The highest BCUT2D eigenvalue weighted by Crippen LogP contribution is 2.26. The van der Waals surface area contributed by atoms with Gasteiger partial charge in [0.1, 0.15) is 0 Å². The minimum absolute atomic E-state index is 0.206. The van der Waals surface area contributed by atoms with Crippen LogP contribution in [0.2, 0.25) is 0 Å². The van der Waals surface area contributed by atoms with E-state index in [0.29, 0.717) is 11.3 Å². The fraction of sp³-hybridized carbons (Fsp3) is 0.364. The van der Waals surface area contributed by atoms with Gasteiger partial charge in [0.2, 0.25) is 0 Å². The third-order valence-electron chi connectivity index (χ3n) is 2.14. The van der Waals surface area contributed by atoms with Gasteiger partial charge in [-0.25, -0.2) is 5.84 Å². The smallest absolute Gasteiger partial charge is 0.0992 e. The summed E-state index contributed by atoms with van der Waals surface area (Å²) in [6.07, 6.45) is 0. The van der Waals surface area contributed by atoms with Gasteiger partial charge in [0.15, 0.2) is 0 Å². The van der Waals surface area contributed by atoms with Crippen molar-refractivity contribution in [3.8, 4) is 6.07 Å². The monoisotopic (exact) mass is 204 g/mol. The normalized spacial score (nSPS) is 10.9. The van der Waals surface area contributed by atoms with Crippen LogP contribution in [0.15, 0.2) is 18.2 Å². The molecule has 0 atom stereocenters. The molecule has 0 spiro atoms. The first kappa shape index (κ1) is 11.3. The van der Waals surface area contributed by atoms with Gasteiger partial charge in [-0.05, 0) is 39.0 Å². The molecule has 0 saturated heterocycles. The summed E-state index contributed by atoms with van der Waals surface area (Å²) >= 11 is 0. The molecule has 4 nitrogen and oxygen atoms in total. The Morgan fingerprint density at radius 3 is 2.33 bits per heavy atom. The molecule has 0 fully saturated rings. The summed E-state index contributed by atoms with van der Waals surface area (Å²) in [4.78, 5) is 0. The fourth-order valence-corrected chi connectivity index (χ4v) is 1.20. The van der Waals surface area contributed by atoms with Crippen molar-refractivity contribution in [1.82, 2.24) is 0 Å². The molecule has 0 heterocycles. The molecule has 0 aliphatic carbocycles. The van der Waals surface area contributed by atoms with Crippen LogP contribution >= 0.6 is 0 Å². The summed E-state index contributed by atoms with van der Waals surface area (Å²) in [5.74, 6) is 5.93. The highest BCUT2D eigenvalue weighted by molar-refractivity contribution is 5.69. The van der Waals surface area contributed by atoms with Crippen molar-refractivity contribution >= 4 is 11.4 Å². The summed E-state index contributed by atoms with van der Waals surface area (Å²) < 4.78 is 0. The van der Waals surface area contributed by atoms with Crippen LogP contribution in [0.25, 0.3) is 0 Å². The first-order valence-electron chi connectivity index (χ1n) is 4.71. The van der Waals surface area contributed by atoms with Crippen LogP contribution in [0.1, 0.15) is 26.3 Å². The van der Waals surface area contributed by atoms with Crippen molar-refractivity contribution in [2.24, 2.45) is 5.84 Å². The van der Waals surface area contributed by atoms with Crippen LogP contribution in [0.5, 0.6) is 0 Å². The average molecular weight is 204 g/mol. The third-order valence-corrected chi connectivity index (χ3v) is 2.14. The van der Waals surface area contributed by atoms with E-state index in [-0.39, 0.29) is 5.54 Å². The highest BCUT2D eigenvalue weighted by atomic mass is 15.4. The molecule has 4 N–H and O–H groups in total. The summed E-state index contributed by atoms with van der Waals surface area (Å²) in [5, 5.41) is 10.3. The molecule has 0 amide bonds. The minimum Gasteiger partial charge on any atom is -0.397 e. The second kappa shape index (κ2) is 3.79. The number of rotatable bonds is 1. The van der Waals surface area contributed by atoms with E-state index in [2.05, 4.69) is 0 Å². The van der Waals surface area contributed by atoms with E-state index in [4.69, 9.17) is 16.8 Å². The summed E-state index contributed by atoms with van der Waals surface area (Å²) in [6, 6.07) is 7.13. The number of nitrogen functional groups attached to an aromatic ring is 1. The van der Waals surface area contributed by atoms with Crippen molar-refractivity contribution < 1.29 is 0 Å². The minimum atomic E-state index is -0.206. The van der Waals surface area contributed by atoms with E-state index in [0.717, 1.165) is 5.69 Å². The maximum absolute atomic E-state index is 8.70. The maximum atomic E-state index is 8.70. The number of nitrogens with zero attached hydrogens (tertiary/aromatic N) is 2. The number of hydrogen-bond donors (Lipinski definition) is 2. The molecular formula is C11H16N4. The quantitative estimate of drug-likeness (QED) is 0.414. The van der Waals surface area contributed by atoms with Crippen molar-refractivity contribution in [2.45, 2.75) is 26.3 Å². The average Bonchev–Trinajstić information content (AvgIpc) is 2.15. The molecule has 15 heavy (non-hydrogen) atoms.